The third-order valence-corrected chi connectivity index (χ3v) is 6.82. The van der Waals surface area contributed by atoms with Crippen LogP contribution in [0, 0.1) is 0 Å². The van der Waals surface area contributed by atoms with Gasteiger partial charge in [0, 0.05) is 0 Å². The molecule has 0 spiro atoms. The van der Waals surface area contributed by atoms with Crippen LogP contribution in [-0.2, 0) is 0 Å². The second kappa shape index (κ2) is 12.0. The summed E-state index contributed by atoms with van der Waals surface area (Å²) in [4.78, 5) is 9.57. The van der Waals surface area contributed by atoms with Gasteiger partial charge in [0.15, 0.2) is 0 Å². The largest absolute Gasteiger partial charge is 0.147 e. The molecule has 4 rings (SSSR count). The van der Waals surface area contributed by atoms with Gasteiger partial charge in [-0.1, -0.05) is 11.6 Å². The Morgan fingerprint density at radius 2 is 1.77 bits per heavy atom. The maximum absolute atomic E-state index is 5.98. The van der Waals surface area contributed by atoms with E-state index in [9.17, 15) is 0 Å². The standard InChI is InChI=1S/C23H23AsClN3O.2ClH/c1-29-17-11-12-20-18(14-17)23(27-21-5-3-2-4-19(21)24)28-22(26-20)13-8-15-6-9-16(25)10-7-15;;/h6-14,19,21H,2-5H2,1H3,(H,26,27,28);2*1H. The van der Waals surface area contributed by atoms with E-state index in [4.69, 9.17) is 26.3 Å². The number of benzene rings is 2. The molecular formula is C23H25AsCl3N3O. The summed E-state index contributed by atoms with van der Waals surface area (Å²) < 4.78 is 5.99. The van der Waals surface area contributed by atoms with Crippen molar-refractivity contribution in [1.29, 1.82) is 0 Å². The molecule has 1 aromatic heterocycles. The molecule has 1 fully saturated rings. The van der Waals surface area contributed by atoms with Crippen molar-refractivity contribution in [1.82, 2.24) is 9.97 Å². The van der Waals surface area contributed by atoms with E-state index in [2.05, 4.69) is 22.2 Å². The fourth-order valence-electron chi connectivity index (χ4n) is 3.64. The number of nitrogens with zero attached hydrogens (tertiary/aromatic N) is 2. The molecule has 8 heteroatoms. The van der Waals surface area contributed by atoms with E-state index in [0.29, 0.717) is 16.6 Å². The number of rotatable bonds is 5. The second-order valence-corrected chi connectivity index (χ2v) is 9.13. The predicted octanol–water partition coefficient (Wildman–Crippen LogP) is 6.62. The van der Waals surface area contributed by atoms with Crippen molar-refractivity contribution in [2.24, 2.45) is 0 Å². The molecule has 0 saturated heterocycles. The summed E-state index contributed by atoms with van der Waals surface area (Å²) in [6.07, 6.45) is 8.88. The number of hydrogen-bond acceptors (Lipinski definition) is 4. The van der Waals surface area contributed by atoms with Gasteiger partial charge in [0.25, 0.3) is 0 Å². The molecule has 0 aliphatic heterocycles. The second-order valence-electron chi connectivity index (χ2n) is 7.30. The monoisotopic (exact) mass is 539 g/mol. The molecule has 1 N–H and O–H groups in total. The first-order valence-corrected chi connectivity index (χ1v) is 11.3. The van der Waals surface area contributed by atoms with Crippen LogP contribution in [0.4, 0.5) is 5.82 Å². The molecule has 0 bridgehead atoms. The van der Waals surface area contributed by atoms with Crippen molar-refractivity contribution in [3.8, 4) is 5.75 Å². The predicted molar refractivity (Wildman–Crippen MR) is 136 cm³/mol. The van der Waals surface area contributed by atoms with E-state index in [-0.39, 0.29) is 24.8 Å². The average Bonchev–Trinajstić information content (AvgIpc) is 2.74. The number of nitrogens with one attached hydrogen (secondary N) is 1. The van der Waals surface area contributed by atoms with E-state index in [1.54, 1.807) is 7.11 Å². The SMILES string of the molecule is COc1ccc2nc(C=Cc3ccc(Cl)cc3)nc(NC3CCCCC3[As])c2c1.Cl.Cl. The number of aromatic nitrogens is 2. The Bertz CT molecular complexity index is 1030. The van der Waals surface area contributed by atoms with Crippen LogP contribution in [-0.4, -0.2) is 40.0 Å². The molecule has 2 unspecified atom stereocenters. The van der Waals surface area contributed by atoms with Gasteiger partial charge in [-0.15, -0.1) is 24.8 Å². The quantitative estimate of drug-likeness (QED) is 0.370. The first-order valence-electron chi connectivity index (χ1n) is 9.86. The average molecular weight is 541 g/mol. The minimum absolute atomic E-state index is 0. The molecule has 2 radical (unpaired) electrons. The molecule has 4 nitrogen and oxygen atoms in total. The van der Waals surface area contributed by atoms with Crippen LogP contribution in [0.1, 0.15) is 37.1 Å². The van der Waals surface area contributed by atoms with Gasteiger partial charge in [0.05, 0.1) is 0 Å². The summed E-state index contributed by atoms with van der Waals surface area (Å²) in [5.41, 5.74) is 1.96. The number of fused-ring (bicyclic) bond motifs is 1. The van der Waals surface area contributed by atoms with Gasteiger partial charge in [0.2, 0.25) is 0 Å². The zero-order valence-electron chi connectivity index (χ0n) is 17.1. The Kier molecular flexibility index (Phi) is 9.96. The van der Waals surface area contributed by atoms with E-state index < -0.39 is 0 Å². The summed E-state index contributed by atoms with van der Waals surface area (Å²) >= 11 is 8.80. The van der Waals surface area contributed by atoms with Crippen LogP contribution in [0.2, 0.25) is 9.73 Å². The van der Waals surface area contributed by atoms with Crippen molar-refractivity contribution in [3.05, 3.63) is 58.9 Å². The van der Waals surface area contributed by atoms with Gasteiger partial charge in [0.1, 0.15) is 0 Å². The molecule has 1 saturated carbocycles. The van der Waals surface area contributed by atoms with Crippen molar-refractivity contribution in [3.63, 3.8) is 0 Å². The third kappa shape index (κ3) is 6.52. The van der Waals surface area contributed by atoms with Gasteiger partial charge >= 0.3 is 174 Å². The summed E-state index contributed by atoms with van der Waals surface area (Å²) in [5, 5.41) is 5.41. The van der Waals surface area contributed by atoms with E-state index in [1.165, 1.54) is 19.3 Å². The normalized spacial score (nSPS) is 18.3. The number of ether oxygens (including phenoxy) is 1. The first kappa shape index (κ1) is 25.8. The Labute approximate surface area is 209 Å². The Morgan fingerprint density at radius 1 is 1.03 bits per heavy atom. The van der Waals surface area contributed by atoms with E-state index in [0.717, 1.165) is 39.5 Å². The smallest absolute Gasteiger partial charge is 0.147 e. The summed E-state index contributed by atoms with van der Waals surface area (Å²) in [7, 11) is 1.68. The van der Waals surface area contributed by atoms with Gasteiger partial charge in [-0.25, -0.2) is 0 Å². The maximum Gasteiger partial charge on any atom is -0.147 e. The summed E-state index contributed by atoms with van der Waals surface area (Å²) in [5.74, 6) is 2.35. The minimum Gasteiger partial charge on any atom is -0.147 e. The topological polar surface area (TPSA) is 47.0 Å². The number of anilines is 1. The van der Waals surface area contributed by atoms with Gasteiger partial charge in [-0.05, 0) is 0 Å². The minimum atomic E-state index is 0. The van der Waals surface area contributed by atoms with Crippen LogP contribution in [0.15, 0.2) is 42.5 Å². The summed E-state index contributed by atoms with van der Waals surface area (Å²) in [6.45, 7) is 0. The van der Waals surface area contributed by atoms with Crippen molar-refractivity contribution in [2.45, 2.75) is 36.4 Å². The van der Waals surface area contributed by atoms with Gasteiger partial charge in [-0.2, -0.15) is 0 Å². The summed E-state index contributed by atoms with van der Waals surface area (Å²) in [6, 6.07) is 14.0. The fraction of sp³-hybridized carbons (Fsp3) is 0.304. The Balaban J connectivity index is 0.00000171. The Morgan fingerprint density at radius 3 is 2.48 bits per heavy atom. The van der Waals surface area contributed by atoms with Gasteiger partial charge < -0.3 is 0 Å². The molecule has 2 atom stereocenters. The van der Waals surface area contributed by atoms with E-state index >= 15 is 0 Å². The third-order valence-electron chi connectivity index (χ3n) is 5.27. The number of methoxy groups -OCH3 is 1. The Hall–Kier alpha value is -1.45. The zero-order valence-corrected chi connectivity index (χ0v) is 21.4. The van der Waals surface area contributed by atoms with Gasteiger partial charge in [-0.3, -0.25) is 0 Å². The first-order chi connectivity index (χ1) is 14.1. The van der Waals surface area contributed by atoms with Crippen LogP contribution in [0.3, 0.4) is 0 Å². The maximum atomic E-state index is 5.98. The van der Waals surface area contributed by atoms with Crippen molar-refractivity contribution >= 4 is 82.1 Å². The molecule has 3 aromatic rings. The molecule has 31 heavy (non-hydrogen) atoms. The molecule has 0 amide bonds. The van der Waals surface area contributed by atoms with E-state index in [1.807, 2.05) is 54.6 Å². The van der Waals surface area contributed by atoms with Crippen molar-refractivity contribution in [2.75, 3.05) is 12.4 Å². The molecule has 1 aliphatic rings. The molecule has 1 heterocycles. The van der Waals surface area contributed by atoms with Crippen LogP contribution >= 0.6 is 36.4 Å². The molecule has 2 aromatic carbocycles. The fourth-order valence-corrected chi connectivity index (χ4v) is 4.62. The van der Waals surface area contributed by atoms with Crippen LogP contribution in [0.25, 0.3) is 23.1 Å². The van der Waals surface area contributed by atoms with Crippen LogP contribution < -0.4 is 10.1 Å². The van der Waals surface area contributed by atoms with Crippen molar-refractivity contribution < 1.29 is 4.74 Å². The number of halogens is 3. The molecular weight excluding hydrogens is 516 g/mol. The molecule has 164 valence electrons. The number of hydrogen-bond donors (Lipinski definition) is 1. The zero-order chi connectivity index (χ0) is 20.2. The molecule has 1 aliphatic carbocycles. The van der Waals surface area contributed by atoms with Crippen LogP contribution in [0.5, 0.6) is 5.75 Å².